The number of rotatable bonds is 7. The summed E-state index contributed by atoms with van der Waals surface area (Å²) in [5.74, 6) is 0.266. The molecule has 0 fully saturated rings. The van der Waals surface area contributed by atoms with E-state index in [0.717, 1.165) is 0 Å². The van der Waals surface area contributed by atoms with Crippen molar-refractivity contribution < 1.29 is 22.7 Å². The zero-order chi connectivity index (χ0) is 20.0. The van der Waals surface area contributed by atoms with Crippen LogP contribution in [0, 0.1) is 11.3 Å². The summed E-state index contributed by atoms with van der Waals surface area (Å²) in [6.07, 6.45) is -0.866. The quantitative estimate of drug-likeness (QED) is 0.744. The first kappa shape index (κ1) is 20.2. The van der Waals surface area contributed by atoms with E-state index in [-0.39, 0.29) is 4.90 Å². The van der Waals surface area contributed by atoms with E-state index in [1.807, 2.05) is 6.07 Å². The molecule has 142 valence electrons. The van der Waals surface area contributed by atoms with Gasteiger partial charge in [0.15, 0.2) is 17.6 Å². The third-order valence-electron chi connectivity index (χ3n) is 3.50. The fraction of sp³-hybridized carbons (Fsp3) is 0.222. The number of primary sulfonamides is 1. The number of amides is 1. The molecule has 0 aromatic heterocycles. The number of benzene rings is 2. The summed E-state index contributed by atoms with van der Waals surface area (Å²) in [5.41, 5.74) is 0.811. The summed E-state index contributed by atoms with van der Waals surface area (Å²) in [6, 6.07) is 12.1. The molecule has 0 radical (unpaired) electrons. The highest BCUT2D eigenvalue weighted by Gasteiger charge is 2.18. The maximum atomic E-state index is 12.3. The number of nitrogens with zero attached hydrogens (tertiary/aromatic N) is 1. The molecule has 0 heterocycles. The summed E-state index contributed by atoms with van der Waals surface area (Å²) in [7, 11) is -3.80. The average molecular weight is 389 g/mol. The summed E-state index contributed by atoms with van der Waals surface area (Å²) in [4.78, 5) is 12.3. The van der Waals surface area contributed by atoms with E-state index in [1.165, 1.54) is 30.3 Å². The van der Waals surface area contributed by atoms with Gasteiger partial charge in [0, 0.05) is 11.8 Å². The first-order chi connectivity index (χ1) is 12.7. The van der Waals surface area contributed by atoms with Crippen LogP contribution < -0.4 is 19.9 Å². The molecule has 2 rings (SSSR count). The molecule has 2 aromatic carbocycles. The number of carbonyl (C=O) groups excluding carboxylic acids is 1. The zero-order valence-corrected chi connectivity index (χ0v) is 15.6. The third kappa shape index (κ3) is 5.44. The van der Waals surface area contributed by atoms with Gasteiger partial charge in [-0.05, 0) is 50.2 Å². The van der Waals surface area contributed by atoms with Gasteiger partial charge in [-0.3, -0.25) is 4.79 Å². The van der Waals surface area contributed by atoms with Crippen molar-refractivity contribution in [3.63, 3.8) is 0 Å². The van der Waals surface area contributed by atoms with Gasteiger partial charge in [0.2, 0.25) is 10.0 Å². The Morgan fingerprint density at radius 2 is 1.89 bits per heavy atom. The second-order valence-electron chi connectivity index (χ2n) is 5.53. The molecule has 0 aliphatic rings. The predicted molar refractivity (Wildman–Crippen MR) is 98.9 cm³/mol. The number of hydrogen-bond donors (Lipinski definition) is 2. The lowest BCUT2D eigenvalue weighted by molar-refractivity contribution is -0.122. The standard InChI is InChI=1S/C18H19N3O5S/c1-3-25-17-10-13(11-19)4-9-16(17)26-12(2)18(22)21-14-5-7-15(8-6-14)27(20,23)24/h4-10,12H,3H2,1-2H3,(H,21,22)(H2,20,23,24)/t12-/m0/s1. The van der Waals surface area contributed by atoms with E-state index in [0.29, 0.717) is 29.4 Å². The van der Waals surface area contributed by atoms with Crippen LogP contribution in [-0.2, 0) is 14.8 Å². The lowest BCUT2D eigenvalue weighted by Gasteiger charge is -2.17. The molecule has 0 saturated heterocycles. The normalized spacial score (nSPS) is 11.9. The summed E-state index contributed by atoms with van der Waals surface area (Å²) < 4.78 is 33.6. The van der Waals surface area contributed by atoms with Crippen molar-refractivity contribution in [2.75, 3.05) is 11.9 Å². The number of hydrogen-bond acceptors (Lipinski definition) is 6. The minimum atomic E-state index is -3.80. The van der Waals surface area contributed by atoms with Crippen molar-refractivity contribution in [1.82, 2.24) is 0 Å². The molecule has 8 nitrogen and oxygen atoms in total. The van der Waals surface area contributed by atoms with Gasteiger partial charge in [0.25, 0.3) is 5.91 Å². The predicted octanol–water partition coefficient (Wildman–Crippen LogP) is 2.01. The highest BCUT2D eigenvalue weighted by molar-refractivity contribution is 7.89. The van der Waals surface area contributed by atoms with Gasteiger partial charge in [-0.1, -0.05) is 0 Å². The van der Waals surface area contributed by atoms with E-state index in [4.69, 9.17) is 19.9 Å². The van der Waals surface area contributed by atoms with E-state index in [2.05, 4.69) is 5.32 Å². The minimum Gasteiger partial charge on any atom is -0.490 e. The van der Waals surface area contributed by atoms with Crippen LogP contribution in [0.4, 0.5) is 5.69 Å². The molecule has 0 aliphatic heterocycles. The van der Waals surface area contributed by atoms with Crippen molar-refractivity contribution in [1.29, 1.82) is 5.26 Å². The van der Waals surface area contributed by atoms with E-state index >= 15 is 0 Å². The smallest absolute Gasteiger partial charge is 0.265 e. The lowest BCUT2D eigenvalue weighted by Crippen LogP contribution is -2.30. The van der Waals surface area contributed by atoms with Crippen LogP contribution >= 0.6 is 0 Å². The number of nitrogens with one attached hydrogen (secondary N) is 1. The molecule has 0 unspecified atom stereocenters. The molecular formula is C18H19N3O5S. The highest BCUT2D eigenvalue weighted by Crippen LogP contribution is 2.29. The molecule has 0 aliphatic carbocycles. The molecule has 2 aromatic rings. The second-order valence-corrected chi connectivity index (χ2v) is 7.09. The fourth-order valence-corrected chi connectivity index (χ4v) is 2.67. The van der Waals surface area contributed by atoms with Gasteiger partial charge < -0.3 is 14.8 Å². The van der Waals surface area contributed by atoms with Crippen molar-refractivity contribution in [2.24, 2.45) is 5.14 Å². The average Bonchev–Trinajstić information content (AvgIpc) is 2.63. The highest BCUT2D eigenvalue weighted by atomic mass is 32.2. The lowest BCUT2D eigenvalue weighted by atomic mass is 10.2. The molecule has 0 spiro atoms. The SMILES string of the molecule is CCOc1cc(C#N)ccc1O[C@@H](C)C(=O)Nc1ccc(S(N)(=O)=O)cc1. The maximum Gasteiger partial charge on any atom is 0.265 e. The van der Waals surface area contributed by atoms with Crippen LogP contribution in [0.1, 0.15) is 19.4 Å². The van der Waals surface area contributed by atoms with Crippen LogP contribution in [0.25, 0.3) is 0 Å². The Hall–Kier alpha value is -3.09. The second kappa shape index (κ2) is 8.53. The Kier molecular flexibility index (Phi) is 6.39. The van der Waals surface area contributed by atoms with E-state index < -0.39 is 22.0 Å². The van der Waals surface area contributed by atoms with Gasteiger partial charge in [-0.2, -0.15) is 5.26 Å². The van der Waals surface area contributed by atoms with Gasteiger partial charge >= 0.3 is 0 Å². The maximum absolute atomic E-state index is 12.3. The van der Waals surface area contributed by atoms with Crippen LogP contribution in [0.3, 0.4) is 0 Å². The van der Waals surface area contributed by atoms with E-state index in [9.17, 15) is 13.2 Å². The molecule has 9 heteroatoms. The summed E-state index contributed by atoms with van der Waals surface area (Å²) >= 11 is 0. The Bertz CT molecular complexity index is 965. The Balaban J connectivity index is 2.09. The molecule has 27 heavy (non-hydrogen) atoms. The zero-order valence-electron chi connectivity index (χ0n) is 14.8. The van der Waals surface area contributed by atoms with Crippen molar-refractivity contribution >= 4 is 21.6 Å². The van der Waals surface area contributed by atoms with Crippen LogP contribution in [0.5, 0.6) is 11.5 Å². The number of nitrogens with two attached hydrogens (primary N) is 1. The van der Waals surface area contributed by atoms with Crippen LogP contribution in [0.15, 0.2) is 47.4 Å². The first-order valence-corrected chi connectivity index (χ1v) is 9.56. The van der Waals surface area contributed by atoms with Gasteiger partial charge in [-0.25, -0.2) is 13.6 Å². The molecule has 3 N–H and O–H groups in total. The van der Waals surface area contributed by atoms with Gasteiger partial charge in [-0.15, -0.1) is 0 Å². The third-order valence-corrected chi connectivity index (χ3v) is 4.43. The van der Waals surface area contributed by atoms with E-state index in [1.54, 1.807) is 26.0 Å². The minimum absolute atomic E-state index is 0.0521. The molecule has 0 saturated carbocycles. The number of anilines is 1. The van der Waals surface area contributed by atoms with Crippen molar-refractivity contribution in [2.45, 2.75) is 24.8 Å². The number of carbonyl (C=O) groups is 1. The molecule has 0 bridgehead atoms. The molecule has 1 amide bonds. The summed E-state index contributed by atoms with van der Waals surface area (Å²) in [6.45, 7) is 3.73. The number of ether oxygens (including phenoxy) is 2. The fourth-order valence-electron chi connectivity index (χ4n) is 2.16. The van der Waals surface area contributed by atoms with Gasteiger partial charge in [0.05, 0.1) is 23.1 Å². The number of nitriles is 1. The monoisotopic (exact) mass is 389 g/mol. The Labute approximate surface area is 157 Å². The van der Waals surface area contributed by atoms with Crippen LogP contribution in [-0.4, -0.2) is 27.0 Å². The van der Waals surface area contributed by atoms with Crippen molar-refractivity contribution in [3.8, 4) is 17.6 Å². The first-order valence-electron chi connectivity index (χ1n) is 8.02. The molecular weight excluding hydrogens is 370 g/mol. The Morgan fingerprint density at radius 1 is 1.22 bits per heavy atom. The largest absolute Gasteiger partial charge is 0.490 e. The summed E-state index contributed by atoms with van der Waals surface area (Å²) in [5, 5.41) is 16.6. The molecule has 1 atom stereocenters. The van der Waals surface area contributed by atoms with Gasteiger partial charge in [0.1, 0.15) is 0 Å². The Morgan fingerprint density at radius 3 is 2.44 bits per heavy atom. The van der Waals surface area contributed by atoms with Crippen LogP contribution in [0.2, 0.25) is 0 Å². The topological polar surface area (TPSA) is 132 Å². The van der Waals surface area contributed by atoms with Crippen molar-refractivity contribution in [3.05, 3.63) is 48.0 Å². The number of sulfonamides is 1.